The summed E-state index contributed by atoms with van der Waals surface area (Å²) in [6.07, 6.45) is -0.0185. The molecular formula is C20H23NO5. The van der Waals surface area contributed by atoms with E-state index in [1.54, 1.807) is 12.1 Å². The standard InChI is InChI=1S/C20H23NO5/c1-14(2)26-17-10-9-16(11-18(17)24-3)20(23)25-13-19(22)21-12-15-7-5-4-6-8-15/h4-11,14H,12-13H2,1-3H3,(H,21,22). The first kappa shape index (κ1) is 19.3. The number of carbonyl (C=O) groups is 2. The lowest BCUT2D eigenvalue weighted by atomic mass is 10.2. The van der Waals surface area contributed by atoms with Crippen LogP contribution in [-0.2, 0) is 16.1 Å². The van der Waals surface area contributed by atoms with Gasteiger partial charge in [0.2, 0.25) is 0 Å². The Morgan fingerprint density at radius 2 is 1.77 bits per heavy atom. The number of rotatable bonds is 8. The molecule has 26 heavy (non-hydrogen) atoms. The zero-order valence-corrected chi connectivity index (χ0v) is 15.2. The van der Waals surface area contributed by atoms with E-state index >= 15 is 0 Å². The molecule has 0 atom stereocenters. The molecule has 0 fully saturated rings. The highest BCUT2D eigenvalue weighted by atomic mass is 16.5. The number of carbonyl (C=O) groups excluding carboxylic acids is 2. The topological polar surface area (TPSA) is 73.9 Å². The maximum absolute atomic E-state index is 12.1. The van der Waals surface area contributed by atoms with Crippen LogP contribution in [0.4, 0.5) is 0 Å². The second-order valence-corrected chi connectivity index (χ2v) is 5.87. The molecule has 0 aromatic heterocycles. The van der Waals surface area contributed by atoms with Crippen LogP contribution >= 0.6 is 0 Å². The highest BCUT2D eigenvalue weighted by molar-refractivity contribution is 5.92. The smallest absolute Gasteiger partial charge is 0.338 e. The van der Waals surface area contributed by atoms with Gasteiger partial charge in [0.15, 0.2) is 18.1 Å². The molecule has 0 aliphatic heterocycles. The Bertz CT molecular complexity index is 743. The average Bonchev–Trinajstić information content (AvgIpc) is 2.65. The van der Waals surface area contributed by atoms with E-state index < -0.39 is 5.97 Å². The molecule has 0 aliphatic rings. The minimum atomic E-state index is -0.603. The lowest BCUT2D eigenvalue weighted by Gasteiger charge is -2.14. The average molecular weight is 357 g/mol. The van der Waals surface area contributed by atoms with E-state index in [2.05, 4.69) is 5.32 Å². The Kier molecular flexibility index (Phi) is 7.02. The zero-order chi connectivity index (χ0) is 18.9. The summed E-state index contributed by atoms with van der Waals surface area (Å²) in [5.74, 6) is 0.00419. The van der Waals surface area contributed by atoms with E-state index in [0.29, 0.717) is 18.0 Å². The predicted octanol–water partition coefficient (Wildman–Crippen LogP) is 2.96. The Labute approximate surface area is 153 Å². The molecule has 0 saturated carbocycles. The van der Waals surface area contributed by atoms with Crippen LogP contribution in [-0.4, -0.2) is 31.7 Å². The van der Waals surface area contributed by atoms with Gasteiger partial charge in [0.1, 0.15) is 0 Å². The summed E-state index contributed by atoms with van der Waals surface area (Å²) in [7, 11) is 1.49. The largest absolute Gasteiger partial charge is 0.493 e. The first-order valence-corrected chi connectivity index (χ1v) is 8.32. The lowest BCUT2D eigenvalue weighted by molar-refractivity contribution is -0.124. The Morgan fingerprint density at radius 3 is 2.42 bits per heavy atom. The van der Waals surface area contributed by atoms with Gasteiger partial charge in [-0.1, -0.05) is 30.3 Å². The lowest BCUT2D eigenvalue weighted by Crippen LogP contribution is -2.28. The van der Waals surface area contributed by atoms with Gasteiger partial charge in [-0.25, -0.2) is 4.79 Å². The van der Waals surface area contributed by atoms with Crippen LogP contribution in [0.1, 0.15) is 29.8 Å². The van der Waals surface area contributed by atoms with Crippen molar-refractivity contribution in [3.05, 3.63) is 59.7 Å². The van der Waals surface area contributed by atoms with Gasteiger partial charge < -0.3 is 19.5 Å². The van der Waals surface area contributed by atoms with Crippen LogP contribution in [0.25, 0.3) is 0 Å². The van der Waals surface area contributed by atoms with Crippen molar-refractivity contribution in [2.45, 2.75) is 26.5 Å². The third kappa shape index (κ3) is 5.81. The number of esters is 1. The van der Waals surface area contributed by atoms with Gasteiger partial charge in [-0.05, 0) is 37.6 Å². The number of hydrogen-bond donors (Lipinski definition) is 1. The van der Waals surface area contributed by atoms with Crippen LogP contribution in [0, 0.1) is 0 Å². The first-order valence-electron chi connectivity index (χ1n) is 8.32. The molecule has 2 aromatic rings. The number of methoxy groups -OCH3 is 1. The number of ether oxygens (including phenoxy) is 3. The second kappa shape index (κ2) is 9.46. The van der Waals surface area contributed by atoms with Crippen LogP contribution in [0.2, 0.25) is 0 Å². The first-order chi connectivity index (χ1) is 12.5. The van der Waals surface area contributed by atoms with Crippen molar-refractivity contribution >= 4 is 11.9 Å². The fourth-order valence-corrected chi connectivity index (χ4v) is 2.21. The molecule has 0 saturated heterocycles. The van der Waals surface area contributed by atoms with E-state index in [4.69, 9.17) is 14.2 Å². The van der Waals surface area contributed by atoms with Crippen molar-refractivity contribution < 1.29 is 23.8 Å². The zero-order valence-electron chi connectivity index (χ0n) is 15.2. The van der Waals surface area contributed by atoms with E-state index in [1.165, 1.54) is 13.2 Å². The van der Waals surface area contributed by atoms with Crippen molar-refractivity contribution in [3.8, 4) is 11.5 Å². The molecule has 0 unspecified atom stereocenters. The molecular weight excluding hydrogens is 334 g/mol. The molecule has 0 radical (unpaired) electrons. The van der Waals surface area contributed by atoms with Crippen molar-refractivity contribution in [1.82, 2.24) is 5.32 Å². The predicted molar refractivity (Wildman–Crippen MR) is 97.3 cm³/mol. The molecule has 6 heteroatoms. The van der Waals surface area contributed by atoms with Gasteiger partial charge in [-0.2, -0.15) is 0 Å². The molecule has 0 aliphatic carbocycles. The SMILES string of the molecule is COc1cc(C(=O)OCC(=O)NCc2ccccc2)ccc1OC(C)C. The molecule has 0 heterocycles. The van der Waals surface area contributed by atoms with Crippen molar-refractivity contribution in [1.29, 1.82) is 0 Å². The van der Waals surface area contributed by atoms with Gasteiger partial charge in [-0.15, -0.1) is 0 Å². The number of amides is 1. The highest BCUT2D eigenvalue weighted by Crippen LogP contribution is 2.29. The normalized spacial score (nSPS) is 10.3. The van der Waals surface area contributed by atoms with E-state index in [1.807, 2.05) is 44.2 Å². The van der Waals surface area contributed by atoms with Crippen molar-refractivity contribution in [2.24, 2.45) is 0 Å². The van der Waals surface area contributed by atoms with Gasteiger partial charge in [0.25, 0.3) is 5.91 Å². The Balaban J connectivity index is 1.87. The maximum atomic E-state index is 12.1. The Hall–Kier alpha value is -3.02. The quantitative estimate of drug-likeness (QED) is 0.735. The van der Waals surface area contributed by atoms with E-state index in [9.17, 15) is 9.59 Å². The van der Waals surface area contributed by atoms with Crippen LogP contribution < -0.4 is 14.8 Å². The Morgan fingerprint density at radius 1 is 1.04 bits per heavy atom. The minimum absolute atomic E-state index is 0.0185. The van der Waals surface area contributed by atoms with Crippen LogP contribution in [0.5, 0.6) is 11.5 Å². The summed E-state index contributed by atoms with van der Waals surface area (Å²) in [5.41, 5.74) is 1.26. The molecule has 2 rings (SSSR count). The second-order valence-electron chi connectivity index (χ2n) is 5.87. The van der Waals surface area contributed by atoms with Crippen LogP contribution in [0.15, 0.2) is 48.5 Å². The third-order valence-corrected chi connectivity index (χ3v) is 3.43. The van der Waals surface area contributed by atoms with Gasteiger partial charge in [-0.3, -0.25) is 4.79 Å². The highest BCUT2D eigenvalue weighted by Gasteiger charge is 2.14. The number of hydrogen-bond acceptors (Lipinski definition) is 5. The summed E-state index contributed by atoms with van der Waals surface area (Å²) < 4.78 is 15.9. The number of nitrogens with one attached hydrogen (secondary N) is 1. The summed E-state index contributed by atoms with van der Waals surface area (Å²) in [5, 5.41) is 2.70. The number of benzene rings is 2. The minimum Gasteiger partial charge on any atom is -0.493 e. The van der Waals surface area contributed by atoms with Gasteiger partial charge in [0, 0.05) is 6.54 Å². The molecule has 1 N–H and O–H groups in total. The summed E-state index contributed by atoms with van der Waals surface area (Å²) in [6, 6.07) is 14.2. The summed E-state index contributed by atoms with van der Waals surface area (Å²) >= 11 is 0. The molecule has 138 valence electrons. The molecule has 1 amide bonds. The van der Waals surface area contributed by atoms with E-state index in [0.717, 1.165) is 5.56 Å². The molecule has 0 bridgehead atoms. The third-order valence-electron chi connectivity index (χ3n) is 3.43. The molecule has 0 spiro atoms. The monoisotopic (exact) mass is 357 g/mol. The van der Waals surface area contributed by atoms with Crippen LogP contribution in [0.3, 0.4) is 0 Å². The fraction of sp³-hybridized carbons (Fsp3) is 0.300. The fourth-order valence-electron chi connectivity index (χ4n) is 2.21. The van der Waals surface area contributed by atoms with Crippen molar-refractivity contribution in [3.63, 3.8) is 0 Å². The molecule has 6 nitrogen and oxygen atoms in total. The summed E-state index contributed by atoms with van der Waals surface area (Å²) in [6.45, 7) is 3.83. The summed E-state index contributed by atoms with van der Waals surface area (Å²) in [4.78, 5) is 23.9. The van der Waals surface area contributed by atoms with Gasteiger partial charge in [0.05, 0.1) is 18.8 Å². The van der Waals surface area contributed by atoms with Gasteiger partial charge >= 0.3 is 5.97 Å². The maximum Gasteiger partial charge on any atom is 0.338 e. The van der Waals surface area contributed by atoms with E-state index in [-0.39, 0.29) is 24.2 Å². The molecule has 2 aromatic carbocycles. The van der Waals surface area contributed by atoms with Crippen molar-refractivity contribution in [2.75, 3.05) is 13.7 Å².